The van der Waals surface area contributed by atoms with E-state index in [0.29, 0.717) is 21.6 Å². The van der Waals surface area contributed by atoms with Gasteiger partial charge < -0.3 is 4.90 Å². The molecule has 0 atom stereocenters. The smallest absolute Gasteiger partial charge is 0.270 e. The normalized spacial score (nSPS) is 11.5. The Morgan fingerprint density at radius 2 is 1.81 bits per heavy atom. The number of thiophene rings is 1. The van der Waals surface area contributed by atoms with E-state index >= 15 is 0 Å². The highest BCUT2D eigenvalue weighted by atomic mass is 35.5. The number of carbonyl (C=O) groups excluding carboxylic acids is 1. The van der Waals surface area contributed by atoms with E-state index in [1.54, 1.807) is 0 Å². The molecule has 0 fully saturated rings. The summed E-state index contributed by atoms with van der Waals surface area (Å²) < 4.78 is 1.92. The lowest BCUT2D eigenvalue weighted by molar-refractivity contribution is 0.0990. The average molecular weight is 536 g/mol. The van der Waals surface area contributed by atoms with Crippen LogP contribution in [-0.4, -0.2) is 52.8 Å². The van der Waals surface area contributed by atoms with Crippen LogP contribution in [0.25, 0.3) is 27.2 Å². The minimum atomic E-state index is -0.0361. The van der Waals surface area contributed by atoms with Crippen molar-refractivity contribution in [1.82, 2.24) is 19.7 Å². The highest BCUT2D eigenvalue weighted by Crippen LogP contribution is 2.34. The molecule has 0 spiro atoms. The number of halogens is 1. The molecule has 184 valence electrons. The molecule has 1 amide bonds. The molecule has 3 heterocycles. The molecular weight excluding hydrogens is 510 g/mol. The van der Waals surface area contributed by atoms with Crippen LogP contribution in [0, 0.1) is 6.92 Å². The van der Waals surface area contributed by atoms with Crippen molar-refractivity contribution >= 4 is 55.5 Å². The Kier molecular flexibility index (Phi) is 7.20. The average Bonchev–Trinajstić information content (AvgIpc) is 3.59. The van der Waals surface area contributed by atoms with E-state index in [1.807, 2.05) is 96.6 Å². The minimum absolute atomic E-state index is 0.0361. The van der Waals surface area contributed by atoms with Crippen molar-refractivity contribution in [1.29, 1.82) is 0 Å². The van der Waals surface area contributed by atoms with Crippen LogP contribution >= 0.6 is 34.3 Å². The van der Waals surface area contributed by atoms with Crippen LogP contribution in [0.15, 0.2) is 66.0 Å². The van der Waals surface area contributed by atoms with Gasteiger partial charge in [0.05, 0.1) is 22.0 Å². The molecule has 0 aliphatic carbocycles. The summed E-state index contributed by atoms with van der Waals surface area (Å²) in [7, 11) is 4.08. The highest BCUT2D eigenvalue weighted by Gasteiger charge is 2.25. The van der Waals surface area contributed by atoms with Crippen LogP contribution < -0.4 is 4.90 Å². The van der Waals surface area contributed by atoms with E-state index in [4.69, 9.17) is 21.7 Å². The van der Waals surface area contributed by atoms with Crippen LogP contribution in [-0.2, 0) is 0 Å². The number of aryl methyl sites for hydroxylation is 1. The molecule has 36 heavy (non-hydrogen) atoms. The molecule has 0 aliphatic rings. The number of fused-ring (bicyclic) bond motifs is 1. The van der Waals surface area contributed by atoms with Gasteiger partial charge in [-0.15, -0.1) is 22.7 Å². The zero-order valence-electron chi connectivity index (χ0n) is 20.3. The van der Waals surface area contributed by atoms with E-state index in [0.717, 1.165) is 45.8 Å². The summed E-state index contributed by atoms with van der Waals surface area (Å²) in [5, 5.41) is 9.09. The first-order valence-electron chi connectivity index (χ1n) is 11.6. The van der Waals surface area contributed by atoms with Crippen LogP contribution in [0.4, 0.5) is 5.13 Å². The molecule has 5 rings (SSSR count). The molecule has 0 radical (unpaired) electrons. The van der Waals surface area contributed by atoms with Crippen LogP contribution in [0.1, 0.15) is 21.8 Å². The van der Waals surface area contributed by atoms with Gasteiger partial charge in [-0.2, -0.15) is 5.10 Å². The van der Waals surface area contributed by atoms with Crippen molar-refractivity contribution in [3.8, 4) is 16.9 Å². The zero-order chi connectivity index (χ0) is 25.2. The monoisotopic (exact) mass is 535 g/mol. The molecule has 2 aromatic carbocycles. The topological polar surface area (TPSA) is 54.3 Å². The molecular formula is C27H26ClN5OS2. The lowest BCUT2D eigenvalue weighted by Gasteiger charge is -2.20. The Labute approximate surface area is 223 Å². The molecule has 3 aromatic heterocycles. The van der Waals surface area contributed by atoms with E-state index in [9.17, 15) is 4.79 Å². The van der Waals surface area contributed by atoms with Gasteiger partial charge in [0.15, 0.2) is 5.13 Å². The van der Waals surface area contributed by atoms with Crippen LogP contribution in [0.5, 0.6) is 0 Å². The van der Waals surface area contributed by atoms with E-state index in [1.165, 1.54) is 22.7 Å². The van der Waals surface area contributed by atoms with Crippen molar-refractivity contribution in [3.63, 3.8) is 0 Å². The maximum atomic E-state index is 13.9. The van der Waals surface area contributed by atoms with E-state index < -0.39 is 0 Å². The standard InChI is InChI=1S/C27H26ClN5OS2/c1-18-22-16-24(36-26(22)33(30-18)21-8-5-4-6-9-21)25(34)32(15-7-14-31(2)3)27-29-23(17-35-27)19-10-12-20(28)13-11-19/h4-6,8-13,16-17H,7,14-15H2,1-3H3. The Hall–Kier alpha value is -3.04. The number of benzene rings is 2. The second kappa shape index (κ2) is 10.5. The van der Waals surface area contributed by atoms with Crippen molar-refractivity contribution in [2.75, 3.05) is 32.1 Å². The summed E-state index contributed by atoms with van der Waals surface area (Å²) in [6, 6.07) is 19.6. The van der Waals surface area contributed by atoms with Gasteiger partial charge >= 0.3 is 0 Å². The summed E-state index contributed by atoms with van der Waals surface area (Å²) in [6.45, 7) is 3.45. The van der Waals surface area contributed by atoms with Gasteiger partial charge in [-0.3, -0.25) is 9.69 Å². The van der Waals surface area contributed by atoms with Gasteiger partial charge in [0.25, 0.3) is 5.91 Å². The Morgan fingerprint density at radius 3 is 2.53 bits per heavy atom. The van der Waals surface area contributed by atoms with Gasteiger partial charge in [0.1, 0.15) is 4.83 Å². The highest BCUT2D eigenvalue weighted by molar-refractivity contribution is 7.20. The van der Waals surface area contributed by atoms with Crippen molar-refractivity contribution in [2.24, 2.45) is 0 Å². The Balaban J connectivity index is 1.49. The lowest BCUT2D eigenvalue weighted by Crippen LogP contribution is -2.33. The van der Waals surface area contributed by atoms with Gasteiger partial charge in [-0.25, -0.2) is 9.67 Å². The predicted octanol–water partition coefficient (Wildman–Crippen LogP) is 6.77. The number of anilines is 1. The maximum Gasteiger partial charge on any atom is 0.270 e. The number of aromatic nitrogens is 3. The first-order valence-corrected chi connectivity index (χ1v) is 13.7. The SMILES string of the molecule is Cc1nn(-c2ccccc2)c2sc(C(=O)N(CCCN(C)C)c3nc(-c4ccc(Cl)cc4)cs3)cc12. The van der Waals surface area contributed by atoms with Gasteiger partial charge in [0.2, 0.25) is 0 Å². The van der Waals surface area contributed by atoms with Gasteiger partial charge in [0, 0.05) is 27.9 Å². The summed E-state index contributed by atoms with van der Waals surface area (Å²) in [5.74, 6) is -0.0361. The lowest BCUT2D eigenvalue weighted by atomic mass is 10.2. The predicted molar refractivity (Wildman–Crippen MR) is 151 cm³/mol. The second-order valence-corrected chi connectivity index (χ2v) is 11.1. The second-order valence-electron chi connectivity index (χ2n) is 8.80. The van der Waals surface area contributed by atoms with Crippen LogP contribution in [0.3, 0.4) is 0 Å². The van der Waals surface area contributed by atoms with Crippen LogP contribution in [0.2, 0.25) is 5.02 Å². The number of amides is 1. The largest absolute Gasteiger partial charge is 0.309 e. The summed E-state index contributed by atoms with van der Waals surface area (Å²) >= 11 is 9.01. The zero-order valence-corrected chi connectivity index (χ0v) is 22.7. The Morgan fingerprint density at radius 1 is 1.06 bits per heavy atom. The van der Waals surface area contributed by atoms with Crippen molar-refractivity contribution in [3.05, 3.63) is 81.6 Å². The molecule has 0 aliphatic heterocycles. The maximum absolute atomic E-state index is 13.9. The van der Waals surface area contributed by atoms with Gasteiger partial charge in [-0.1, -0.05) is 41.9 Å². The molecule has 0 N–H and O–H groups in total. The number of hydrogen-bond donors (Lipinski definition) is 0. The molecule has 5 aromatic rings. The molecule has 9 heteroatoms. The van der Waals surface area contributed by atoms with E-state index in [-0.39, 0.29) is 5.91 Å². The van der Waals surface area contributed by atoms with E-state index in [2.05, 4.69) is 4.90 Å². The quantitative estimate of drug-likeness (QED) is 0.220. The minimum Gasteiger partial charge on any atom is -0.309 e. The number of para-hydroxylation sites is 1. The van der Waals surface area contributed by atoms with Gasteiger partial charge in [-0.05, 0) is 64.3 Å². The third-order valence-electron chi connectivity index (χ3n) is 5.85. The summed E-state index contributed by atoms with van der Waals surface area (Å²) in [5.41, 5.74) is 3.70. The molecule has 0 saturated heterocycles. The first-order chi connectivity index (χ1) is 17.4. The molecule has 0 unspecified atom stereocenters. The van der Waals surface area contributed by atoms with Crippen molar-refractivity contribution in [2.45, 2.75) is 13.3 Å². The third-order valence-corrected chi connectivity index (χ3v) is 8.07. The molecule has 6 nitrogen and oxygen atoms in total. The number of hydrogen-bond acceptors (Lipinski definition) is 6. The molecule has 0 bridgehead atoms. The summed E-state index contributed by atoms with van der Waals surface area (Å²) in [6.07, 6.45) is 0.844. The fourth-order valence-electron chi connectivity index (χ4n) is 4.00. The van der Waals surface area contributed by atoms with Crippen molar-refractivity contribution < 1.29 is 4.79 Å². The molecule has 0 saturated carbocycles. The summed E-state index contributed by atoms with van der Waals surface area (Å²) in [4.78, 5) is 24.3. The number of rotatable bonds is 8. The Bertz CT molecular complexity index is 1490. The first kappa shape index (κ1) is 24.6. The number of nitrogens with zero attached hydrogens (tertiary/aromatic N) is 5. The fraction of sp³-hybridized carbons (Fsp3) is 0.222. The third kappa shape index (κ3) is 5.08. The number of carbonyl (C=O) groups is 1. The fourth-order valence-corrected chi connectivity index (χ4v) is 6.12. The number of thiazole rings is 1.